The molecule has 4 nitrogen and oxygen atoms in total. The highest BCUT2D eigenvalue weighted by molar-refractivity contribution is 6.33. The Labute approximate surface area is 190 Å². The quantitative estimate of drug-likeness (QED) is 0.398. The molecule has 0 saturated carbocycles. The molecule has 3 aromatic carbocycles. The summed E-state index contributed by atoms with van der Waals surface area (Å²) < 4.78 is 0. The number of hydrogen-bond acceptors (Lipinski definition) is 2. The summed E-state index contributed by atoms with van der Waals surface area (Å²) in [5.41, 5.74) is 10.9. The van der Waals surface area contributed by atoms with Gasteiger partial charge < -0.3 is 10.7 Å². The lowest BCUT2D eigenvalue weighted by molar-refractivity contribution is -0.386. The molecule has 0 unspecified atom stereocenters. The molecule has 0 radical (unpaired) electrons. The monoisotopic (exact) mass is 438 g/mol. The van der Waals surface area contributed by atoms with E-state index in [1.165, 1.54) is 0 Å². The molecule has 0 aliphatic carbocycles. The first-order chi connectivity index (χ1) is 15.7. The highest BCUT2D eigenvalue weighted by Crippen LogP contribution is 2.36. The van der Waals surface area contributed by atoms with E-state index in [0.29, 0.717) is 15.9 Å². The van der Waals surface area contributed by atoms with Crippen molar-refractivity contribution in [2.24, 2.45) is 0 Å². The summed E-state index contributed by atoms with van der Waals surface area (Å²) >= 11 is 6.49. The first kappa shape index (κ1) is 20.2. The average Bonchev–Trinajstić information content (AvgIpc) is 2.85. The Hall–Kier alpha value is -3.73. The van der Waals surface area contributed by atoms with Gasteiger partial charge in [0.25, 0.3) is 5.56 Å². The lowest BCUT2D eigenvalue weighted by Gasteiger charge is -2.14. The van der Waals surface area contributed by atoms with Crippen LogP contribution in [0.15, 0.2) is 95.9 Å². The van der Waals surface area contributed by atoms with E-state index in [1.54, 1.807) is 6.20 Å². The molecule has 156 valence electrons. The second-order valence-corrected chi connectivity index (χ2v) is 8.01. The van der Waals surface area contributed by atoms with Crippen LogP contribution < -0.4 is 11.3 Å². The fourth-order valence-electron chi connectivity index (χ4n) is 3.95. The van der Waals surface area contributed by atoms with Gasteiger partial charge in [-0.15, -0.1) is 0 Å². The van der Waals surface area contributed by atoms with Crippen LogP contribution in [0.3, 0.4) is 0 Å². The number of fused-ring (bicyclic) bond motifs is 1. The number of benzene rings is 3. The van der Waals surface area contributed by atoms with Crippen molar-refractivity contribution in [2.45, 2.75) is 6.54 Å². The second kappa shape index (κ2) is 8.42. The van der Waals surface area contributed by atoms with Gasteiger partial charge in [-0.3, -0.25) is 4.79 Å². The smallest absolute Gasteiger partial charge is 0.257 e. The number of quaternary nitrogens is 1. The molecule has 0 spiro atoms. The lowest BCUT2D eigenvalue weighted by Crippen LogP contribution is -2.47. The third-order valence-electron chi connectivity index (χ3n) is 5.63. The number of pyridine rings is 2. The number of nitrogens with zero attached hydrogens (tertiary/aromatic N) is 1. The van der Waals surface area contributed by atoms with E-state index in [1.807, 2.05) is 60.7 Å². The molecule has 32 heavy (non-hydrogen) atoms. The average molecular weight is 439 g/mol. The highest BCUT2D eigenvalue weighted by atomic mass is 35.5. The summed E-state index contributed by atoms with van der Waals surface area (Å²) in [6, 6.07) is 27.8. The Balaban J connectivity index is 1.86. The topological polar surface area (TPSA) is 73.4 Å². The largest absolute Gasteiger partial charge is 0.354 e. The fourth-order valence-corrected chi connectivity index (χ4v) is 4.19. The maximum Gasteiger partial charge on any atom is 0.257 e. The van der Waals surface area contributed by atoms with Gasteiger partial charge in [-0.2, -0.15) is 0 Å². The van der Waals surface area contributed by atoms with Gasteiger partial charge in [0.15, 0.2) is 0 Å². The summed E-state index contributed by atoms with van der Waals surface area (Å²) in [4.78, 5) is 20.7. The van der Waals surface area contributed by atoms with Gasteiger partial charge in [0.1, 0.15) is 0 Å². The maximum absolute atomic E-state index is 12.8. The second-order valence-electron chi connectivity index (χ2n) is 7.60. The summed E-state index contributed by atoms with van der Waals surface area (Å²) in [5.74, 6) is 0. The molecule has 2 aromatic heterocycles. The highest BCUT2D eigenvalue weighted by Gasteiger charge is 2.17. The van der Waals surface area contributed by atoms with Crippen LogP contribution in [0.4, 0.5) is 0 Å². The molecule has 0 fully saturated rings. The predicted molar refractivity (Wildman–Crippen MR) is 130 cm³/mol. The number of halogens is 1. The SMILES string of the molecule is [NH3+]Cc1ccc(-c2nc3c(-c4ccccc4Cl)c[nH]c(=O)c3cc2-c2ccccc2)cc1. The van der Waals surface area contributed by atoms with Crippen molar-refractivity contribution >= 4 is 22.5 Å². The Bertz CT molecular complexity index is 1480. The zero-order valence-corrected chi connectivity index (χ0v) is 18.1. The van der Waals surface area contributed by atoms with E-state index in [0.717, 1.165) is 45.6 Å². The van der Waals surface area contributed by atoms with Gasteiger partial charge in [-0.05, 0) is 17.7 Å². The first-order valence-corrected chi connectivity index (χ1v) is 10.8. The van der Waals surface area contributed by atoms with Crippen molar-refractivity contribution in [1.82, 2.24) is 9.97 Å². The van der Waals surface area contributed by atoms with Crippen molar-refractivity contribution in [3.63, 3.8) is 0 Å². The van der Waals surface area contributed by atoms with E-state index < -0.39 is 0 Å². The van der Waals surface area contributed by atoms with Crippen LogP contribution in [0.1, 0.15) is 5.56 Å². The van der Waals surface area contributed by atoms with Gasteiger partial charge in [-0.25, -0.2) is 4.98 Å². The molecule has 5 rings (SSSR count). The van der Waals surface area contributed by atoms with Crippen LogP contribution in [0, 0.1) is 0 Å². The maximum atomic E-state index is 12.8. The molecule has 2 heterocycles. The minimum absolute atomic E-state index is 0.181. The lowest BCUT2D eigenvalue weighted by atomic mass is 9.95. The number of rotatable bonds is 4. The number of aromatic nitrogens is 2. The van der Waals surface area contributed by atoms with Crippen molar-refractivity contribution in [1.29, 1.82) is 0 Å². The molecular formula is C27H21ClN3O+. The van der Waals surface area contributed by atoms with Crippen molar-refractivity contribution in [3.8, 4) is 33.5 Å². The van der Waals surface area contributed by atoms with Crippen LogP contribution in [-0.4, -0.2) is 9.97 Å². The van der Waals surface area contributed by atoms with Crippen LogP contribution in [-0.2, 0) is 6.54 Å². The van der Waals surface area contributed by atoms with Gasteiger partial charge in [0, 0.05) is 39.0 Å². The molecule has 5 heteroatoms. The van der Waals surface area contributed by atoms with Gasteiger partial charge in [0.2, 0.25) is 0 Å². The molecule has 5 aromatic rings. The van der Waals surface area contributed by atoms with Crippen molar-refractivity contribution < 1.29 is 5.73 Å². The van der Waals surface area contributed by atoms with Crippen LogP contribution in [0.5, 0.6) is 0 Å². The Kier molecular flexibility index (Phi) is 5.31. The molecule has 0 aliphatic heterocycles. The standard InChI is InChI=1S/C27H20ClN3O/c28-24-9-5-4-8-20(24)23-16-30-27(32)22-14-21(18-6-2-1-3-7-18)25(31-26(22)23)19-12-10-17(15-29)11-13-19/h1-14,16H,15,29H2,(H,30,32)/p+1. The third-order valence-corrected chi connectivity index (χ3v) is 5.96. The van der Waals surface area contributed by atoms with E-state index >= 15 is 0 Å². The van der Waals surface area contributed by atoms with Crippen LogP contribution in [0.2, 0.25) is 5.02 Å². The fraction of sp³-hybridized carbons (Fsp3) is 0.0370. The Morgan fingerprint density at radius 2 is 1.53 bits per heavy atom. The van der Waals surface area contributed by atoms with Gasteiger partial charge in [-0.1, -0.05) is 84.4 Å². The molecular weight excluding hydrogens is 418 g/mol. The molecule has 4 N–H and O–H groups in total. The van der Waals surface area contributed by atoms with Gasteiger partial charge in [0.05, 0.1) is 23.1 Å². The van der Waals surface area contributed by atoms with E-state index in [2.05, 4.69) is 35.0 Å². The summed E-state index contributed by atoms with van der Waals surface area (Å²) in [6.45, 7) is 0.725. The van der Waals surface area contributed by atoms with E-state index in [4.69, 9.17) is 16.6 Å². The van der Waals surface area contributed by atoms with Crippen LogP contribution in [0.25, 0.3) is 44.4 Å². The number of hydrogen-bond donors (Lipinski definition) is 2. The summed E-state index contributed by atoms with van der Waals surface area (Å²) in [6.07, 6.45) is 1.69. The molecule has 0 bridgehead atoms. The third kappa shape index (κ3) is 3.60. The van der Waals surface area contributed by atoms with E-state index in [-0.39, 0.29) is 5.56 Å². The number of H-pyrrole nitrogens is 1. The zero-order valence-electron chi connectivity index (χ0n) is 17.3. The first-order valence-electron chi connectivity index (χ1n) is 10.4. The number of aromatic amines is 1. The molecule has 0 saturated heterocycles. The summed E-state index contributed by atoms with van der Waals surface area (Å²) in [7, 11) is 0. The molecule has 0 amide bonds. The Morgan fingerprint density at radius 3 is 2.25 bits per heavy atom. The molecule has 0 aliphatic rings. The Morgan fingerprint density at radius 1 is 0.812 bits per heavy atom. The minimum atomic E-state index is -0.181. The zero-order chi connectivity index (χ0) is 22.1. The summed E-state index contributed by atoms with van der Waals surface area (Å²) in [5, 5.41) is 1.13. The minimum Gasteiger partial charge on any atom is -0.354 e. The number of nitrogens with one attached hydrogen (secondary N) is 1. The van der Waals surface area contributed by atoms with Crippen molar-refractivity contribution in [2.75, 3.05) is 0 Å². The normalized spacial score (nSPS) is 11.1. The van der Waals surface area contributed by atoms with E-state index in [9.17, 15) is 4.79 Å². The van der Waals surface area contributed by atoms with Crippen molar-refractivity contribution in [3.05, 3.63) is 112 Å². The van der Waals surface area contributed by atoms with Gasteiger partial charge >= 0.3 is 0 Å². The predicted octanol–water partition coefficient (Wildman–Crippen LogP) is 5.32. The van der Waals surface area contributed by atoms with Crippen LogP contribution >= 0.6 is 11.6 Å². The molecule has 0 atom stereocenters.